The Hall–Kier alpha value is -2.63. The molecular formula is C19H21F2N3O. The predicted octanol–water partition coefficient (Wildman–Crippen LogP) is 4.45. The van der Waals surface area contributed by atoms with E-state index in [9.17, 15) is 13.6 Å². The van der Waals surface area contributed by atoms with E-state index >= 15 is 0 Å². The number of para-hydroxylation sites is 2. The fourth-order valence-corrected chi connectivity index (χ4v) is 3.03. The third kappa shape index (κ3) is 4.07. The minimum atomic E-state index is -0.925. The van der Waals surface area contributed by atoms with Gasteiger partial charge in [-0.05, 0) is 49.6 Å². The Morgan fingerprint density at radius 1 is 1.08 bits per heavy atom. The molecule has 2 amide bonds. The highest BCUT2D eigenvalue weighted by Crippen LogP contribution is 2.28. The molecular weight excluding hydrogens is 324 g/mol. The number of nitrogens with one attached hydrogen (secondary N) is 2. The van der Waals surface area contributed by atoms with Crippen LogP contribution in [0.2, 0.25) is 0 Å². The van der Waals surface area contributed by atoms with Gasteiger partial charge >= 0.3 is 6.03 Å². The van der Waals surface area contributed by atoms with E-state index in [0.717, 1.165) is 49.4 Å². The highest BCUT2D eigenvalue weighted by Gasteiger charge is 2.17. The van der Waals surface area contributed by atoms with Gasteiger partial charge in [0.2, 0.25) is 0 Å². The molecule has 0 unspecified atom stereocenters. The molecule has 0 aromatic heterocycles. The minimum absolute atomic E-state index is 0.385. The molecule has 1 atom stereocenters. The number of halogens is 2. The van der Waals surface area contributed by atoms with Gasteiger partial charge in [-0.15, -0.1) is 0 Å². The molecule has 4 nitrogen and oxygen atoms in total. The molecule has 6 heteroatoms. The fraction of sp³-hybridized carbons (Fsp3) is 0.316. The highest BCUT2D eigenvalue weighted by atomic mass is 19.2. The molecule has 132 valence electrons. The molecule has 1 fully saturated rings. The summed E-state index contributed by atoms with van der Waals surface area (Å²) in [5.74, 6) is -1.83. The van der Waals surface area contributed by atoms with Crippen molar-refractivity contribution in [3.05, 3.63) is 59.7 Å². The minimum Gasteiger partial charge on any atom is -0.370 e. The first-order valence-electron chi connectivity index (χ1n) is 8.41. The Bertz CT molecular complexity index is 760. The number of rotatable bonds is 4. The molecule has 0 bridgehead atoms. The number of benzene rings is 2. The summed E-state index contributed by atoms with van der Waals surface area (Å²) in [6.45, 7) is 3.68. The summed E-state index contributed by atoms with van der Waals surface area (Å²) in [6.07, 6.45) is 2.29. The fourth-order valence-electron chi connectivity index (χ4n) is 3.03. The first-order valence-corrected chi connectivity index (χ1v) is 8.41. The lowest BCUT2D eigenvalue weighted by atomic mass is 10.1. The first kappa shape index (κ1) is 17.2. The van der Waals surface area contributed by atoms with Gasteiger partial charge < -0.3 is 15.5 Å². The average Bonchev–Trinajstić information content (AvgIpc) is 3.12. The van der Waals surface area contributed by atoms with Crippen LogP contribution in [0.25, 0.3) is 0 Å². The molecule has 0 spiro atoms. The second-order valence-electron chi connectivity index (χ2n) is 6.20. The molecule has 0 aliphatic carbocycles. The van der Waals surface area contributed by atoms with Gasteiger partial charge in [-0.3, -0.25) is 0 Å². The summed E-state index contributed by atoms with van der Waals surface area (Å²) < 4.78 is 26.4. The van der Waals surface area contributed by atoms with Crippen molar-refractivity contribution in [2.75, 3.05) is 23.3 Å². The summed E-state index contributed by atoms with van der Waals surface area (Å²) in [4.78, 5) is 14.6. The molecule has 0 radical (unpaired) electrons. The van der Waals surface area contributed by atoms with Crippen LogP contribution < -0.4 is 15.5 Å². The van der Waals surface area contributed by atoms with Crippen LogP contribution in [0, 0.1) is 11.6 Å². The number of anilines is 2. The average molecular weight is 345 g/mol. The van der Waals surface area contributed by atoms with Gasteiger partial charge in [0.15, 0.2) is 11.6 Å². The second-order valence-corrected chi connectivity index (χ2v) is 6.20. The zero-order chi connectivity index (χ0) is 17.8. The Labute approximate surface area is 145 Å². The van der Waals surface area contributed by atoms with E-state index in [0.29, 0.717) is 5.56 Å². The van der Waals surface area contributed by atoms with E-state index in [-0.39, 0.29) is 6.03 Å². The van der Waals surface area contributed by atoms with Crippen molar-refractivity contribution in [3.8, 4) is 0 Å². The molecule has 2 aromatic rings. The lowest BCUT2D eigenvalue weighted by Crippen LogP contribution is -2.32. The van der Waals surface area contributed by atoms with E-state index < -0.39 is 17.7 Å². The Morgan fingerprint density at radius 2 is 1.80 bits per heavy atom. The molecule has 1 aliphatic rings. The van der Waals surface area contributed by atoms with E-state index in [1.54, 1.807) is 6.92 Å². The molecule has 2 aromatic carbocycles. The van der Waals surface area contributed by atoms with E-state index in [2.05, 4.69) is 15.5 Å². The molecule has 2 N–H and O–H groups in total. The SMILES string of the molecule is C[C@H](NC(=O)Nc1ccccc1N1CCCC1)c1ccc(F)c(F)c1. The van der Waals surface area contributed by atoms with Crippen LogP contribution in [-0.2, 0) is 0 Å². The lowest BCUT2D eigenvalue weighted by Gasteiger charge is -2.22. The van der Waals surface area contributed by atoms with Crippen LogP contribution in [0.4, 0.5) is 25.0 Å². The molecule has 1 heterocycles. The van der Waals surface area contributed by atoms with E-state index in [1.165, 1.54) is 6.07 Å². The monoisotopic (exact) mass is 345 g/mol. The zero-order valence-corrected chi connectivity index (χ0v) is 14.1. The number of hydrogen-bond acceptors (Lipinski definition) is 2. The van der Waals surface area contributed by atoms with Crippen molar-refractivity contribution in [3.63, 3.8) is 0 Å². The topological polar surface area (TPSA) is 44.4 Å². The Kier molecular flexibility index (Phi) is 5.16. The quantitative estimate of drug-likeness (QED) is 0.860. The van der Waals surface area contributed by atoms with Gasteiger partial charge in [-0.1, -0.05) is 18.2 Å². The summed E-state index contributed by atoms with van der Waals surface area (Å²) in [5.41, 5.74) is 2.23. The summed E-state index contributed by atoms with van der Waals surface area (Å²) in [6, 6.07) is 10.4. The van der Waals surface area contributed by atoms with Gasteiger partial charge in [0, 0.05) is 13.1 Å². The molecule has 25 heavy (non-hydrogen) atoms. The van der Waals surface area contributed by atoms with Gasteiger partial charge in [-0.25, -0.2) is 13.6 Å². The van der Waals surface area contributed by atoms with E-state index in [1.807, 2.05) is 24.3 Å². The zero-order valence-electron chi connectivity index (χ0n) is 14.1. The van der Waals surface area contributed by atoms with Crippen molar-refractivity contribution < 1.29 is 13.6 Å². The second kappa shape index (κ2) is 7.51. The number of amides is 2. The van der Waals surface area contributed by atoms with Gasteiger partial charge in [0.25, 0.3) is 0 Å². The van der Waals surface area contributed by atoms with Crippen LogP contribution in [0.5, 0.6) is 0 Å². The van der Waals surface area contributed by atoms with Crippen molar-refractivity contribution in [1.29, 1.82) is 0 Å². The largest absolute Gasteiger partial charge is 0.370 e. The van der Waals surface area contributed by atoms with Crippen LogP contribution in [0.1, 0.15) is 31.4 Å². The first-order chi connectivity index (χ1) is 12.0. The van der Waals surface area contributed by atoms with E-state index in [4.69, 9.17) is 0 Å². The van der Waals surface area contributed by atoms with Crippen LogP contribution in [0.3, 0.4) is 0 Å². The number of urea groups is 1. The third-order valence-electron chi connectivity index (χ3n) is 4.39. The van der Waals surface area contributed by atoms with Crippen molar-refractivity contribution in [2.45, 2.75) is 25.8 Å². The maximum Gasteiger partial charge on any atom is 0.319 e. The summed E-state index contributed by atoms with van der Waals surface area (Å²) in [5, 5.41) is 5.61. The Balaban J connectivity index is 1.67. The molecule has 1 aliphatic heterocycles. The third-order valence-corrected chi connectivity index (χ3v) is 4.39. The van der Waals surface area contributed by atoms with Crippen LogP contribution in [0.15, 0.2) is 42.5 Å². The number of carbonyl (C=O) groups excluding carboxylic acids is 1. The maximum absolute atomic E-state index is 13.3. The van der Waals surface area contributed by atoms with Gasteiger partial charge in [-0.2, -0.15) is 0 Å². The highest BCUT2D eigenvalue weighted by molar-refractivity contribution is 5.93. The molecule has 3 rings (SSSR count). The molecule has 1 saturated heterocycles. The van der Waals surface area contributed by atoms with Gasteiger partial charge in [0.1, 0.15) is 0 Å². The van der Waals surface area contributed by atoms with Crippen LogP contribution >= 0.6 is 0 Å². The smallest absolute Gasteiger partial charge is 0.319 e. The lowest BCUT2D eigenvalue weighted by molar-refractivity contribution is 0.249. The normalized spacial score (nSPS) is 15.1. The number of hydrogen-bond donors (Lipinski definition) is 2. The maximum atomic E-state index is 13.3. The van der Waals surface area contributed by atoms with Crippen molar-refractivity contribution in [2.24, 2.45) is 0 Å². The summed E-state index contributed by atoms with van der Waals surface area (Å²) >= 11 is 0. The molecule has 0 saturated carbocycles. The van der Waals surface area contributed by atoms with Gasteiger partial charge in [0.05, 0.1) is 17.4 Å². The number of carbonyl (C=O) groups is 1. The predicted molar refractivity (Wildman–Crippen MR) is 94.8 cm³/mol. The van der Waals surface area contributed by atoms with Crippen molar-refractivity contribution in [1.82, 2.24) is 5.32 Å². The van der Waals surface area contributed by atoms with Crippen molar-refractivity contribution >= 4 is 17.4 Å². The summed E-state index contributed by atoms with van der Waals surface area (Å²) in [7, 11) is 0. The Morgan fingerprint density at radius 3 is 2.52 bits per heavy atom. The standard InChI is InChI=1S/C19H21F2N3O/c1-13(14-8-9-15(20)16(21)12-14)22-19(25)23-17-6-2-3-7-18(17)24-10-4-5-11-24/h2-3,6-9,12-13H,4-5,10-11H2,1H3,(H2,22,23,25)/t13-/m0/s1. The number of nitrogens with zero attached hydrogens (tertiary/aromatic N) is 1. The van der Waals surface area contributed by atoms with Crippen LogP contribution in [-0.4, -0.2) is 19.1 Å².